The second-order valence-electron chi connectivity index (χ2n) is 10.1. The Bertz CT molecular complexity index is 643. The molecule has 7 heteroatoms. The molecule has 0 aromatic rings. The Morgan fingerprint density at radius 1 is 1.03 bits per heavy atom. The maximum atomic E-state index is 13.2. The predicted octanol–water partition coefficient (Wildman–Crippen LogP) is 4.37. The number of carbonyl (C=O) groups is 3. The summed E-state index contributed by atoms with van der Waals surface area (Å²) in [4.78, 5) is 39.2. The van der Waals surface area contributed by atoms with Crippen molar-refractivity contribution in [2.24, 2.45) is 11.3 Å². The van der Waals surface area contributed by atoms with Gasteiger partial charge in [-0.25, -0.2) is 4.79 Å². The van der Waals surface area contributed by atoms with Gasteiger partial charge in [-0.1, -0.05) is 79.7 Å². The molecule has 0 fully saturated rings. The molecule has 0 bridgehead atoms. The van der Waals surface area contributed by atoms with Crippen LogP contribution in [0.4, 0.5) is 0 Å². The maximum Gasteiger partial charge on any atom is 0.331 e. The van der Waals surface area contributed by atoms with Gasteiger partial charge in [0.05, 0.1) is 18.6 Å². The van der Waals surface area contributed by atoms with E-state index >= 15 is 0 Å². The molecule has 192 valence electrons. The number of hydrogen-bond acceptors (Lipinski definition) is 4. The summed E-state index contributed by atoms with van der Waals surface area (Å²) in [6.07, 6.45) is 8.90. The van der Waals surface area contributed by atoms with Gasteiger partial charge in [0.25, 0.3) is 0 Å². The van der Waals surface area contributed by atoms with Crippen LogP contribution in [0.3, 0.4) is 0 Å². The minimum Gasteiger partial charge on any atom is -0.478 e. The predicted molar refractivity (Wildman–Crippen MR) is 135 cm³/mol. The van der Waals surface area contributed by atoms with Crippen LogP contribution in [0.5, 0.6) is 0 Å². The normalized spacial score (nSPS) is 14.2. The zero-order chi connectivity index (χ0) is 25.6. The summed E-state index contributed by atoms with van der Waals surface area (Å²) in [5.74, 6) is -1.32. The highest BCUT2D eigenvalue weighted by Crippen LogP contribution is 2.28. The highest BCUT2D eigenvalue weighted by Gasteiger charge is 2.34. The number of aliphatic carboxylic acids is 1. The fourth-order valence-corrected chi connectivity index (χ4v) is 4.13. The molecule has 3 N–H and O–H groups in total. The molecule has 0 saturated carbocycles. The van der Waals surface area contributed by atoms with Crippen LogP contribution >= 0.6 is 0 Å². The second-order valence-corrected chi connectivity index (χ2v) is 10.1. The third-order valence-electron chi connectivity index (χ3n) is 6.29. The summed E-state index contributed by atoms with van der Waals surface area (Å²) in [6.45, 7) is 14.3. The van der Waals surface area contributed by atoms with Crippen molar-refractivity contribution in [3.63, 3.8) is 0 Å². The number of nitrogens with one attached hydrogen (secondary N) is 2. The van der Waals surface area contributed by atoms with E-state index in [2.05, 4.69) is 31.4 Å². The van der Waals surface area contributed by atoms with Gasteiger partial charge >= 0.3 is 5.97 Å². The molecule has 2 atom stereocenters. The van der Waals surface area contributed by atoms with Crippen LogP contribution in [0.15, 0.2) is 11.6 Å². The van der Waals surface area contributed by atoms with Gasteiger partial charge in [0, 0.05) is 12.1 Å². The lowest BCUT2D eigenvalue weighted by Gasteiger charge is -2.35. The Morgan fingerprint density at radius 2 is 1.64 bits per heavy atom. The molecule has 0 aromatic heterocycles. The Balaban J connectivity index is 5.37. The van der Waals surface area contributed by atoms with E-state index in [0.717, 1.165) is 32.1 Å². The Morgan fingerprint density at radius 3 is 2.12 bits per heavy atom. The first-order valence-electron chi connectivity index (χ1n) is 12.6. The number of carboxylic acids is 1. The average molecular weight is 468 g/mol. The molecule has 0 heterocycles. The highest BCUT2D eigenvalue weighted by molar-refractivity contribution is 5.88. The van der Waals surface area contributed by atoms with Crippen LogP contribution in [-0.4, -0.2) is 60.0 Å². The number of carboxylic acid groups (broad SMARTS) is 1. The monoisotopic (exact) mass is 467 g/mol. The Kier molecular flexibility index (Phi) is 15.0. The van der Waals surface area contributed by atoms with E-state index in [9.17, 15) is 19.5 Å². The first-order valence-corrected chi connectivity index (χ1v) is 12.6. The number of likely N-dealkylation sites (N-methyl/N-ethyl adjacent to an activating group) is 1. The van der Waals surface area contributed by atoms with Gasteiger partial charge in [-0.3, -0.25) is 9.59 Å². The van der Waals surface area contributed by atoms with Gasteiger partial charge in [-0.2, -0.15) is 0 Å². The van der Waals surface area contributed by atoms with Crippen molar-refractivity contribution < 1.29 is 19.5 Å². The van der Waals surface area contributed by atoms with Gasteiger partial charge in [0.15, 0.2) is 0 Å². The standard InChI is InChI=1S/C26H49N3O4/c1-9-11-13-14-15-26(6,7)23(27-8)24(31)28-18-22(30)29(16-12-10-2)21(19(3)4)17-20(5)25(32)33/h17,19,21,23,27H,9-16,18H2,1-8H3,(H,28,31)(H,32,33)/b20-17+/t21-,23-/m1/s1. The summed E-state index contributed by atoms with van der Waals surface area (Å²) in [5.41, 5.74) is -0.0219. The fraction of sp³-hybridized carbons (Fsp3) is 0.808. The lowest BCUT2D eigenvalue weighted by Crippen LogP contribution is -2.54. The zero-order valence-corrected chi connectivity index (χ0v) is 22.3. The largest absolute Gasteiger partial charge is 0.478 e. The highest BCUT2D eigenvalue weighted by atomic mass is 16.4. The zero-order valence-electron chi connectivity index (χ0n) is 22.3. The van der Waals surface area contributed by atoms with Gasteiger partial charge in [-0.05, 0) is 38.1 Å². The first kappa shape index (κ1) is 31.1. The van der Waals surface area contributed by atoms with Crippen LogP contribution < -0.4 is 10.6 Å². The van der Waals surface area contributed by atoms with Gasteiger partial charge in [0.2, 0.25) is 11.8 Å². The SMILES string of the molecule is CCCCCCC(C)(C)[C@H](NC)C(=O)NCC(=O)N(CCCC)[C@H](/C=C(\C)C(=O)O)C(C)C. The number of unbranched alkanes of at least 4 members (excludes halogenated alkanes) is 4. The minimum absolute atomic E-state index is 0.0444. The smallest absolute Gasteiger partial charge is 0.331 e. The third-order valence-corrected chi connectivity index (χ3v) is 6.29. The van der Waals surface area contributed by atoms with E-state index in [1.165, 1.54) is 12.8 Å². The molecule has 0 saturated heterocycles. The first-order chi connectivity index (χ1) is 15.4. The minimum atomic E-state index is -0.991. The molecule has 0 aromatic carbocycles. The van der Waals surface area contributed by atoms with Crippen LogP contribution in [-0.2, 0) is 14.4 Å². The van der Waals surface area contributed by atoms with E-state index in [0.29, 0.717) is 6.54 Å². The number of carbonyl (C=O) groups excluding carboxylic acids is 2. The molecule has 0 spiro atoms. The van der Waals surface area contributed by atoms with E-state index in [1.807, 2.05) is 20.8 Å². The van der Waals surface area contributed by atoms with Crippen molar-refractivity contribution in [2.45, 2.75) is 105 Å². The van der Waals surface area contributed by atoms with Crippen molar-refractivity contribution in [1.82, 2.24) is 15.5 Å². The van der Waals surface area contributed by atoms with Crippen LogP contribution in [0.1, 0.15) is 93.4 Å². The van der Waals surface area contributed by atoms with Crippen LogP contribution in [0.2, 0.25) is 0 Å². The maximum absolute atomic E-state index is 13.2. The van der Waals surface area contributed by atoms with Crippen molar-refractivity contribution in [1.29, 1.82) is 0 Å². The molecule has 0 rings (SSSR count). The van der Waals surface area contributed by atoms with Crippen molar-refractivity contribution in [3.05, 3.63) is 11.6 Å². The molecule has 0 radical (unpaired) electrons. The third kappa shape index (κ3) is 11.2. The molecular formula is C26H49N3O4. The number of amides is 2. The van der Waals surface area contributed by atoms with E-state index < -0.39 is 12.0 Å². The summed E-state index contributed by atoms with van der Waals surface area (Å²) < 4.78 is 0. The van der Waals surface area contributed by atoms with Crippen molar-refractivity contribution >= 4 is 17.8 Å². The van der Waals surface area contributed by atoms with Gasteiger partial charge < -0.3 is 20.6 Å². The van der Waals surface area contributed by atoms with Gasteiger partial charge in [0.1, 0.15) is 0 Å². The molecule has 0 unspecified atom stereocenters. The second kappa shape index (κ2) is 15.9. The molecule has 2 amide bonds. The number of nitrogens with zero attached hydrogens (tertiary/aromatic N) is 1. The van der Waals surface area contributed by atoms with E-state index in [1.54, 1.807) is 24.9 Å². The number of rotatable bonds is 17. The summed E-state index contributed by atoms with van der Waals surface area (Å²) in [6, 6.07) is -0.738. The van der Waals surface area contributed by atoms with E-state index in [-0.39, 0.29) is 41.3 Å². The molecule has 0 aliphatic heterocycles. The fourth-order valence-electron chi connectivity index (χ4n) is 4.13. The average Bonchev–Trinajstić information content (AvgIpc) is 2.74. The topological polar surface area (TPSA) is 98.7 Å². The van der Waals surface area contributed by atoms with Crippen molar-refractivity contribution in [2.75, 3.05) is 20.1 Å². The lowest BCUT2D eigenvalue weighted by atomic mass is 9.79. The van der Waals surface area contributed by atoms with Crippen LogP contribution in [0.25, 0.3) is 0 Å². The molecule has 0 aliphatic carbocycles. The molecule has 7 nitrogen and oxygen atoms in total. The summed E-state index contributed by atoms with van der Waals surface area (Å²) >= 11 is 0. The molecule has 0 aliphatic rings. The lowest BCUT2D eigenvalue weighted by molar-refractivity contribution is -0.136. The number of hydrogen-bond donors (Lipinski definition) is 3. The van der Waals surface area contributed by atoms with Crippen molar-refractivity contribution in [3.8, 4) is 0 Å². The van der Waals surface area contributed by atoms with E-state index in [4.69, 9.17) is 0 Å². The van der Waals surface area contributed by atoms with Crippen LogP contribution in [0, 0.1) is 11.3 Å². The van der Waals surface area contributed by atoms with Gasteiger partial charge in [-0.15, -0.1) is 0 Å². The Hall–Kier alpha value is -1.89. The summed E-state index contributed by atoms with van der Waals surface area (Å²) in [5, 5.41) is 15.3. The summed E-state index contributed by atoms with van der Waals surface area (Å²) in [7, 11) is 1.78. The Labute approximate surface area is 201 Å². The quantitative estimate of drug-likeness (QED) is 0.218. The molecule has 33 heavy (non-hydrogen) atoms. The molecular weight excluding hydrogens is 418 g/mol.